The van der Waals surface area contributed by atoms with Gasteiger partial charge in [-0.1, -0.05) is 11.6 Å². The van der Waals surface area contributed by atoms with Crippen LogP contribution in [0.3, 0.4) is 0 Å². The normalized spacial score (nSPS) is 13.3. The molecule has 0 radical (unpaired) electrons. The molecule has 1 unspecified atom stereocenters. The molecule has 0 saturated carbocycles. The molecule has 11 heteroatoms. The summed E-state index contributed by atoms with van der Waals surface area (Å²) in [5.74, 6) is -0.910. The average Bonchev–Trinajstić information content (AvgIpc) is 3.08. The highest BCUT2D eigenvalue weighted by Crippen LogP contribution is 2.32. The summed E-state index contributed by atoms with van der Waals surface area (Å²) in [4.78, 5) is 12.0. The predicted molar refractivity (Wildman–Crippen MR) is 109 cm³/mol. The fourth-order valence-corrected chi connectivity index (χ4v) is 5.36. The molecule has 0 spiro atoms. The van der Waals surface area contributed by atoms with E-state index in [9.17, 15) is 26.4 Å². The van der Waals surface area contributed by atoms with Gasteiger partial charge in [-0.2, -0.15) is 13.2 Å². The number of aliphatic carboxylic acids is 1. The standard InChI is InChI=1S/C19H21ClF3NO4S2/c20-13-6-9-15(10-7-13)30(27,28)24-16(4-2-12-19(21,22)23)17-11-8-14(29-17)3-1-5-18(25)26/h6-11,16,24H,1-5,12H2,(H,25,26). The molecule has 1 atom stereocenters. The van der Waals surface area contributed by atoms with E-state index in [4.69, 9.17) is 16.7 Å². The number of sulfonamides is 1. The first kappa shape index (κ1) is 24.6. The SMILES string of the molecule is O=C(O)CCCc1ccc(C(CCCC(F)(F)F)NS(=O)(=O)c2ccc(Cl)cc2)s1. The van der Waals surface area contributed by atoms with Gasteiger partial charge in [0.2, 0.25) is 10.0 Å². The summed E-state index contributed by atoms with van der Waals surface area (Å²) >= 11 is 7.05. The Balaban J connectivity index is 2.16. The minimum atomic E-state index is -4.32. The van der Waals surface area contributed by atoms with Gasteiger partial charge >= 0.3 is 12.1 Å². The van der Waals surface area contributed by atoms with Crippen LogP contribution in [-0.2, 0) is 21.2 Å². The van der Waals surface area contributed by atoms with Gasteiger partial charge in [-0.3, -0.25) is 4.79 Å². The zero-order chi connectivity index (χ0) is 22.4. The fraction of sp³-hybridized carbons (Fsp3) is 0.421. The molecule has 0 aliphatic carbocycles. The van der Waals surface area contributed by atoms with Crippen molar-refractivity contribution in [3.8, 4) is 0 Å². The second-order valence-electron chi connectivity index (χ2n) is 6.69. The zero-order valence-corrected chi connectivity index (χ0v) is 18.2. The molecule has 1 aromatic carbocycles. The highest BCUT2D eigenvalue weighted by molar-refractivity contribution is 7.89. The topological polar surface area (TPSA) is 83.5 Å². The lowest BCUT2D eigenvalue weighted by Gasteiger charge is -2.18. The van der Waals surface area contributed by atoms with E-state index in [1.54, 1.807) is 12.1 Å². The molecule has 2 N–H and O–H groups in total. The molecule has 2 aromatic rings. The number of carboxylic acid groups (broad SMARTS) is 1. The number of halogens is 4. The summed E-state index contributed by atoms with van der Waals surface area (Å²) in [5.41, 5.74) is 0. The highest BCUT2D eigenvalue weighted by Gasteiger charge is 2.28. The molecule has 30 heavy (non-hydrogen) atoms. The number of carboxylic acids is 1. The maximum Gasteiger partial charge on any atom is 0.389 e. The number of hydrogen-bond acceptors (Lipinski definition) is 4. The van der Waals surface area contributed by atoms with Gasteiger partial charge in [0.15, 0.2) is 0 Å². The van der Waals surface area contributed by atoms with Crippen LogP contribution < -0.4 is 4.72 Å². The molecule has 1 heterocycles. The monoisotopic (exact) mass is 483 g/mol. The Bertz CT molecular complexity index is 943. The van der Waals surface area contributed by atoms with Gasteiger partial charge in [-0.25, -0.2) is 13.1 Å². The second kappa shape index (κ2) is 10.6. The number of benzene rings is 1. The maximum atomic E-state index is 12.7. The number of thiophene rings is 1. The van der Waals surface area contributed by atoms with Crippen LogP contribution in [-0.4, -0.2) is 25.7 Å². The molecule has 0 aliphatic rings. The molecule has 0 aliphatic heterocycles. The molecule has 0 bridgehead atoms. The van der Waals surface area contributed by atoms with Crippen LogP contribution in [0.15, 0.2) is 41.3 Å². The lowest BCUT2D eigenvalue weighted by molar-refractivity contribution is -0.137. The van der Waals surface area contributed by atoms with E-state index in [-0.39, 0.29) is 24.2 Å². The van der Waals surface area contributed by atoms with Gasteiger partial charge in [0, 0.05) is 27.6 Å². The first-order chi connectivity index (χ1) is 14.0. The van der Waals surface area contributed by atoms with Gasteiger partial charge in [-0.15, -0.1) is 11.3 Å². The van der Waals surface area contributed by atoms with Crippen molar-refractivity contribution < 1.29 is 31.5 Å². The zero-order valence-electron chi connectivity index (χ0n) is 15.8. The van der Waals surface area contributed by atoms with Crippen LogP contribution in [0.25, 0.3) is 0 Å². The molecular formula is C19H21ClF3NO4S2. The molecule has 2 rings (SSSR count). The van der Waals surface area contributed by atoms with E-state index < -0.39 is 34.6 Å². The van der Waals surface area contributed by atoms with Crippen molar-refractivity contribution in [3.05, 3.63) is 51.2 Å². The number of hydrogen-bond donors (Lipinski definition) is 2. The molecule has 166 valence electrons. The third-order valence-electron chi connectivity index (χ3n) is 4.21. The lowest BCUT2D eigenvalue weighted by Crippen LogP contribution is -2.28. The predicted octanol–water partition coefficient (Wildman–Crippen LogP) is 5.56. The van der Waals surface area contributed by atoms with Gasteiger partial charge in [0.1, 0.15) is 0 Å². The van der Waals surface area contributed by atoms with E-state index in [0.29, 0.717) is 22.7 Å². The number of carbonyl (C=O) groups is 1. The summed E-state index contributed by atoms with van der Waals surface area (Å²) in [6.45, 7) is 0. The van der Waals surface area contributed by atoms with Crippen LogP contribution in [0.1, 0.15) is 47.9 Å². The van der Waals surface area contributed by atoms with E-state index in [2.05, 4.69) is 4.72 Å². The Morgan fingerprint density at radius 3 is 2.40 bits per heavy atom. The molecule has 1 aromatic heterocycles. The van der Waals surface area contributed by atoms with E-state index in [0.717, 1.165) is 4.88 Å². The van der Waals surface area contributed by atoms with Crippen molar-refractivity contribution >= 4 is 38.9 Å². The second-order valence-corrected chi connectivity index (χ2v) is 10.0. The van der Waals surface area contributed by atoms with Gasteiger partial charge < -0.3 is 5.11 Å². The van der Waals surface area contributed by atoms with E-state index >= 15 is 0 Å². The molecule has 0 saturated heterocycles. The first-order valence-electron chi connectivity index (χ1n) is 9.11. The van der Waals surface area contributed by atoms with Crippen molar-refractivity contribution in [3.63, 3.8) is 0 Å². The number of alkyl halides is 3. The Morgan fingerprint density at radius 1 is 1.13 bits per heavy atom. The summed E-state index contributed by atoms with van der Waals surface area (Å²) in [6, 6.07) is 8.07. The van der Waals surface area contributed by atoms with E-state index in [1.807, 2.05) is 0 Å². The Labute approximate surface area is 181 Å². The van der Waals surface area contributed by atoms with Gasteiger partial charge in [-0.05, 0) is 62.1 Å². The van der Waals surface area contributed by atoms with Crippen LogP contribution in [0.5, 0.6) is 0 Å². The lowest BCUT2D eigenvalue weighted by atomic mass is 10.1. The maximum absolute atomic E-state index is 12.7. The Kier molecular flexibility index (Phi) is 8.72. The van der Waals surface area contributed by atoms with Crippen molar-refractivity contribution in [2.45, 2.75) is 55.6 Å². The van der Waals surface area contributed by atoms with Crippen molar-refractivity contribution in [2.24, 2.45) is 0 Å². The van der Waals surface area contributed by atoms with E-state index in [1.165, 1.54) is 35.6 Å². The minimum Gasteiger partial charge on any atom is -0.481 e. The number of aryl methyl sites for hydroxylation is 1. The van der Waals surface area contributed by atoms with Gasteiger partial charge in [0.25, 0.3) is 0 Å². The summed E-state index contributed by atoms with van der Waals surface area (Å²) in [5, 5.41) is 9.09. The van der Waals surface area contributed by atoms with Crippen LogP contribution in [0.2, 0.25) is 5.02 Å². The summed E-state index contributed by atoms with van der Waals surface area (Å²) in [7, 11) is -3.97. The Morgan fingerprint density at radius 2 is 1.80 bits per heavy atom. The Hall–Kier alpha value is -1.62. The van der Waals surface area contributed by atoms with Crippen molar-refractivity contribution in [1.29, 1.82) is 0 Å². The smallest absolute Gasteiger partial charge is 0.389 e. The third-order valence-corrected chi connectivity index (χ3v) is 7.21. The van der Waals surface area contributed by atoms with Crippen LogP contribution in [0.4, 0.5) is 13.2 Å². The number of rotatable bonds is 11. The van der Waals surface area contributed by atoms with Crippen LogP contribution >= 0.6 is 22.9 Å². The number of nitrogens with one attached hydrogen (secondary N) is 1. The summed E-state index contributed by atoms with van der Waals surface area (Å²) < 4.78 is 65.6. The molecule has 0 fully saturated rings. The summed E-state index contributed by atoms with van der Waals surface area (Å²) in [6.07, 6.45) is -4.67. The molecule has 5 nitrogen and oxygen atoms in total. The quantitative estimate of drug-likeness (QED) is 0.438. The largest absolute Gasteiger partial charge is 0.481 e. The van der Waals surface area contributed by atoms with Crippen molar-refractivity contribution in [1.82, 2.24) is 4.72 Å². The van der Waals surface area contributed by atoms with Crippen LogP contribution in [0, 0.1) is 0 Å². The highest BCUT2D eigenvalue weighted by atomic mass is 35.5. The fourth-order valence-electron chi connectivity index (χ4n) is 2.76. The first-order valence-corrected chi connectivity index (χ1v) is 11.8. The van der Waals surface area contributed by atoms with Gasteiger partial charge in [0.05, 0.1) is 10.9 Å². The molecule has 0 amide bonds. The third kappa shape index (κ3) is 8.25. The minimum absolute atomic E-state index is 0.00540. The molecular weight excluding hydrogens is 463 g/mol. The van der Waals surface area contributed by atoms with Crippen molar-refractivity contribution in [2.75, 3.05) is 0 Å². The average molecular weight is 484 g/mol.